The number of hydrogen-bond donors (Lipinski definition) is 2. The average molecular weight is 233 g/mol. The Kier molecular flexibility index (Phi) is 4.25. The Bertz CT molecular complexity index is 374. The topological polar surface area (TPSA) is 84.2 Å². The lowest BCUT2D eigenvalue weighted by molar-refractivity contribution is 0.294. The first-order chi connectivity index (χ1) is 7.06. The third kappa shape index (κ3) is 3.61. The molecule has 0 aromatic carbocycles. The molecule has 6 nitrogen and oxygen atoms in total. The Morgan fingerprint density at radius 3 is 2.87 bits per heavy atom. The van der Waals surface area contributed by atoms with Crippen molar-refractivity contribution in [1.29, 1.82) is 0 Å². The largest absolute Gasteiger partial charge is 0.395 e. The van der Waals surface area contributed by atoms with E-state index in [1.807, 2.05) is 0 Å². The second-order valence-corrected chi connectivity index (χ2v) is 5.42. The van der Waals surface area contributed by atoms with Crippen molar-refractivity contribution in [3.05, 3.63) is 18.7 Å². The fraction of sp³-hybridized carbons (Fsp3) is 0.625. The smallest absolute Gasteiger partial charge is 0.216 e. The first-order valence-electron chi connectivity index (χ1n) is 4.61. The number of aliphatic hydroxyl groups excluding tert-OH is 1. The molecule has 1 aromatic heterocycles. The molecule has 0 amide bonds. The van der Waals surface area contributed by atoms with Gasteiger partial charge in [-0.1, -0.05) is 0 Å². The van der Waals surface area contributed by atoms with Crippen molar-refractivity contribution < 1.29 is 13.5 Å². The van der Waals surface area contributed by atoms with E-state index in [0.717, 1.165) is 0 Å². The van der Waals surface area contributed by atoms with Gasteiger partial charge in [0, 0.05) is 25.5 Å². The highest BCUT2D eigenvalue weighted by molar-refractivity contribution is 7.90. The second-order valence-electron chi connectivity index (χ2n) is 3.23. The fourth-order valence-corrected chi connectivity index (χ4v) is 1.83. The van der Waals surface area contributed by atoms with Crippen LogP contribution in [0.25, 0.3) is 0 Å². The van der Waals surface area contributed by atoms with Crippen molar-refractivity contribution in [2.45, 2.75) is 18.7 Å². The van der Waals surface area contributed by atoms with Gasteiger partial charge in [0.25, 0.3) is 0 Å². The Hall–Kier alpha value is -0.920. The van der Waals surface area contributed by atoms with Crippen molar-refractivity contribution in [3.63, 3.8) is 0 Å². The first kappa shape index (κ1) is 12.2. The molecule has 86 valence electrons. The standard InChI is InChI=1S/C8H15N3O3S/c1-8(6-12)15(13,14)10-3-5-11-4-2-9-7-11/h2,4,7-8,10,12H,3,5-6H2,1H3. The zero-order valence-electron chi connectivity index (χ0n) is 8.50. The minimum Gasteiger partial charge on any atom is -0.395 e. The molecule has 0 saturated heterocycles. The Labute approximate surface area is 89.0 Å². The summed E-state index contributed by atoms with van der Waals surface area (Å²) < 4.78 is 27.0. The van der Waals surface area contributed by atoms with Crippen molar-refractivity contribution in [1.82, 2.24) is 14.3 Å². The molecule has 0 spiro atoms. The molecule has 1 atom stereocenters. The number of aromatic nitrogens is 2. The quantitative estimate of drug-likeness (QED) is 0.672. The Balaban J connectivity index is 2.37. The van der Waals surface area contributed by atoms with Gasteiger partial charge in [-0.25, -0.2) is 18.1 Å². The summed E-state index contributed by atoms with van der Waals surface area (Å²) in [5.41, 5.74) is 0. The van der Waals surface area contributed by atoms with E-state index < -0.39 is 15.3 Å². The maximum Gasteiger partial charge on any atom is 0.216 e. The summed E-state index contributed by atoms with van der Waals surface area (Å²) in [4.78, 5) is 3.83. The molecule has 1 rings (SSSR count). The maximum atomic E-state index is 11.4. The third-order valence-electron chi connectivity index (χ3n) is 2.02. The zero-order chi connectivity index (χ0) is 11.3. The van der Waals surface area contributed by atoms with E-state index >= 15 is 0 Å². The van der Waals surface area contributed by atoms with Gasteiger partial charge in [-0.15, -0.1) is 0 Å². The van der Waals surface area contributed by atoms with Gasteiger partial charge in [-0.2, -0.15) is 0 Å². The number of aliphatic hydroxyl groups is 1. The number of nitrogens with one attached hydrogen (secondary N) is 1. The molecule has 0 saturated carbocycles. The summed E-state index contributed by atoms with van der Waals surface area (Å²) in [6, 6.07) is 0. The molecule has 1 unspecified atom stereocenters. The van der Waals surface area contributed by atoms with Gasteiger partial charge >= 0.3 is 0 Å². The van der Waals surface area contributed by atoms with Crippen molar-refractivity contribution in [2.24, 2.45) is 0 Å². The Morgan fingerprint density at radius 1 is 1.60 bits per heavy atom. The maximum absolute atomic E-state index is 11.4. The molecule has 15 heavy (non-hydrogen) atoms. The monoisotopic (exact) mass is 233 g/mol. The minimum atomic E-state index is -3.40. The SMILES string of the molecule is CC(CO)S(=O)(=O)NCCn1ccnc1. The normalized spacial score (nSPS) is 14.0. The van der Waals surface area contributed by atoms with Crippen LogP contribution in [0.15, 0.2) is 18.7 Å². The van der Waals surface area contributed by atoms with Crippen LogP contribution < -0.4 is 4.72 Å². The number of nitrogens with zero attached hydrogens (tertiary/aromatic N) is 2. The first-order valence-corrected chi connectivity index (χ1v) is 6.16. The number of imidazole rings is 1. The highest BCUT2D eigenvalue weighted by atomic mass is 32.2. The predicted molar refractivity (Wildman–Crippen MR) is 55.7 cm³/mol. The lowest BCUT2D eigenvalue weighted by atomic mass is 10.5. The molecule has 0 aliphatic carbocycles. The van der Waals surface area contributed by atoms with Crippen LogP contribution >= 0.6 is 0 Å². The van der Waals surface area contributed by atoms with Gasteiger partial charge in [-0.3, -0.25) is 0 Å². The third-order valence-corrected chi connectivity index (χ3v) is 3.83. The molecule has 1 aromatic rings. The molecule has 2 N–H and O–H groups in total. The van der Waals surface area contributed by atoms with E-state index in [0.29, 0.717) is 13.1 Å². The van der Waals surface area contributed by atoms with Gasteiger partial charge in [0.2, 0.25) is 10.0 Å². The van der Waals surface area contributed by atoms with E-state index in [1.165, 1.54) is 6.92 Å². The van der Waals surface area contributed by atoms with Gasteiger partial charge in [0.05, 0.1) is 18.2 Å². The van der Waals surface area contributed by atoms with E-state index in [9.17, 15) is 8.42 Å². The van der Waals surface area contributed by atoms with Crippen LogP contribution in [0.2, 0.25) is 0 Å². The molecule has 0 fully saturated rings. The average Bonchev–Trinajstić information content (AvgIpc) is 2.69. The molecule has 1 heterocycles. The van der Waals surface area contributed by atoms with Crippen LogP contribution in [0.5, 0.6) is 0 Å². The number of hydrogen-bond acceptors (Lipinski definition) is 4. The summed E-state index contributed by atoms with van der Waals surface area (Å²) in [5.74, 6) is 0. The molecule has 0 bridgehead atoms. The molecule has 0 aliphatic heterocycles. The van der Waals surface area contributed by atoms with Gasteiger partial charge < -0.3 is 9.67 Å². The molecule has 7 heteroatoms. The summed E-state index contributed by atoms with van der Waals surface area (Å²) in [6.45, 7) is 1.90. The van der Waals surface area contributed by atoms with Gasteiger partial charge in [-0.05, 0) is 6.92 Å². The van der Waals surface area contributed by atoms with E-state index in [1.54, 1.807) is 23.3 Å². The summed E-state index contributed by atoms with van der Waals surface area (Å²) in [6.07, 6.45) is 5.00. The fourth-order valence-electron chi connectivity index (χ4n) is 0.976. The lowest BCUT2D eigenvalue weighted by Crippen LogP contribution is -2.36. The number of rotatable bonds is 6. The van der Waals surface area contributed by atoms with Crippen molar-refractivity contribution in [2.75, 3.05) is 13.2 Å². The molecular formula is C8H15N3O3S. The van der Waals surface area contributed by atoms with Crippen LogP contribution in [0.1, 0.15) is 6.92 Å². The number of sulfonamides is 1. The lowest BCUT2D eigenvalue weighted by Gasteiger charge is -2.11. The van der Waals surface area contributed by atoms with Crippen molar-refractivity contribution >= 4 is 10.0 Å². The van der Waals surface area contributed by atoms with E-state index in [4.69, 9.17) is 5.11 Å². The highest BCUT2D eigenvalue weighted by Crippen LogP contribution is 1.96. The highest BCUT2D eigenvalue weighted by Gasteiger charge is 2.18. The second kappa shape index (κ2) is 5.24. The molecule has 0 radical (unpaired) electrons. The zero-order valence-corrected chi connectivity index (χ0v) is 9.31. The Morgan fingerprint density at radius 2 is 2.33 bits per heavy atom. The van der Waals surface area contributed by atoms with Crippen LogP contribution in [0, 0.1) is 0 Å². The van der Waals surface area contributed by atoms with Gasteiger partial charge in [0.1, 0.15) is 0 Å². The van der Waals surface area contributed by atoms with Gasteiger partial charge in [0.15, 0.2) is 0 Å². The summed E-state index contributed by atoms with van der Waals surface area (Å²) in [7, 11) is -3.40. The molecule has 0 aliphatic rings. The van der Waals surface area contributed by atoms with E-state index in [-0.39, 0.29) is 6.61 Å². The molecular weight excluding hydrogens is 218 g/mol. The summed E-state index contributed by atoms with van der Waals surface area (Å²) in [5, 5.41) is 7.94. The minimum absolute atomic E-state index is 0.295. The van der Waals surface area contributed by atoms with Crippen LogP contribution in [-0.2, 0) is 16.6 Å². The van der Waals surface area contributed by atoms with Crippen LogP contribution in [0.4, 0.5) is 0 Å². The summed E-state index contributed by atoms with van der Waals surface area (Å²) >= 11 is 0. The predicted octanol–water partition coefficient (Wildman–Crippen LogP) is -0.817. The van der Waals surface area contributed by atoms with Crippen LogP contribution in [-0.4, -0.2) is 41.5 Å². The van der Waals surface area contributed by atoms with E-state index in [2.05, 4.69) is 9.71 Å². The van der Waals surface area contributed by atoms with Crippen LogP contribution in [0.3, 0.4) is 0 Å². The van der Waals surface area contributed by atoms with Crippen molar-refractivity contribution in [3.8, 4) is 0 Å².